The van der Waals surface area contributed by atoms with Crippen LogP contribution in [0.1, 0.15) is 11.3 Å². The van der Waals surface area contributed by atoms with Crippen LogP contribution >= 0.6 is 38.6 Å². The maximum Gasteiger partial charge on any atom is 0.312 e. The first-order valence-corrected chi connectivity index (χ1v) is 10.3. The van der Waals surface area contributed by atoms with E-state index in [9.17, 15) is 9.59 Å². The summed E-state index contributed by atoms with van der Waals surface area (Å²) in [6, 6.07) is 9.52. The average Bonchev–Trinajstić information content (AvgIpc) is 3.27. The van der Waals surface area contributed by atoms with Crippen LogP contribution in [0.4, 0.5) is 5.69 Å². The van der Waals surface area contributed by atoms with Crippen LogP contribution in [-0.2, 0) is 20.7 Å². The third-order valence-electron chi connectivity index (χ3n) is 3.37. The number of benzene rings is 1. The summed E-state index contributed by atoms with van der Waals surface area (Å²) in [6.07, 6.45) is 0.0450. The summed E-state index contributed by atoms with van der Waals surface area (Å²) in [7, 11) is 0. The van der Waals surface area contributed by atoms with E-state index < -0.39 is 5.97 Å². The van der Waals surface area contributed by atoms with Crippen LogP contribution in [0.2, 0.25) is 0 Å². The number of carbonyl (C=O) groups is 2. The van der Waals surface area contributed by atoms with Gasteiger partial charge in [-0.3, -0.25) is 9.59 Å². The van der Waals surface area contributed by atoms with E-state index in [0.29, 0.717) is 11.4 Å². The van der Waals surface area contributed by atoms with E-state index in [1.54, 1.807) is 17.4 Å². The molecule has 8 heteroatoms. The number of esters is 1. The monoisotopic (exact) mass is 450 g/mol. The van der Waals surface area contributed by atoms with Crippen molar-refractivity contribution < 1.29 is 14.3 Å². The first-order valence-electron chi connectivity index (χ1n) is 7.71. The molecule has 134 valence electrons. The average molecular weight is 451 g/mol. The molecule has 26 heavy (non-hydrogen) atoms. The highest BCUT2D eigenvalue weighted by Crippen LogP contribution is 2.28. The van der Waals surface area contributed by atoms with Gasteiger partial charge >= 0.3 is 5.97 Å². The van der Waals surface area contributed by atoms with Gasteiger partial charge in [0.2, 0.25) is 0 Å². The van der Waals surface area contributed by atoms with E-state index in [0.717, 1.165) is 19.9 Å². The van der Waals surface area contributed by atoms with Crippen molar-refractivity contribution in [1.29, 1.82) is 0 Å². The van der Waals surface area contributed by atoms with Gasteiger partial charge in [-0.2, -0.15) is 0 Å². The molecular formula is C18H15BrN2O3S2. The number of aryl methyl sites for hydroxylation is 1. The number of thiazole rings is 1. The first kappa shape index (κ1) is 18.8. The molecule has 2 aromatic heterocycles. The van der Waals surface area contributed by atoms with Crippen molar-refractivity contribution in [1.82, 2.24) is 4.98 Å². The lowest BCUT2D eigenvalue weighted by molar-refractivity contribution is -0.146. The lowest BCUT2D eigenvalue weighted by Gasteiger charge is -2.08. The van der Waals surface area contributed by atoms with Gasteiger partial charge in [0, 0.05) is 9.85 Å². The molecule has 1 N–H and O–H groups in total. The van der Waals surface area contributed by atoms with Crippen LogP contribution in [0, 0.1) is 6.92 Å². The lowest BCUT2D eigenvalue weighted by Crippen LogP contribution is -2.21. The Labute approximate surface area is 167 Å². The number of rotatable bonds is 6. The van der Waals surface area contributed by atoms with E-state index in [2.05, 4.69) is 26.2 Å². The van der Waals surface area contributed by atoms with Crippen LogP contribution < -0.4 is 5.32 Å². The molecule has 1 aromatic carbocycles. The highest BCUT2D eigenvalue weighted by molar-refractivity contribution is 9.10. The Balaban J connectivity index is 1.48. The minimum atomic E-state index is -0.480. The Morgan fingerprint density at radius 2 is 2.12 bits per heavy atom. The Hall–Kier alpha value is -2.03. The molecule has 0 bridgehead atoms. The lowest BCUT2D eigenvalue weighted by atomic mass is 10.2. The molecule has 5 nitrogen and oxygen atoms in total. The summed E-state index contributed by atoms with van der Waals surface area (Å²) < 4.78 is 5.82. The molecule has 3 rings (SSSR count). The Morgan fingerprint density at radius 3 is 2.85 bits per heavy atom. The number of nitrogens with zero attached hydrogens (tertiary/aromatic N) is 1. The van der Waals surface area contributed by atoms with Crippen molar-refractivity contribution in [3.05, 3.63) is 56.8 Å². The van der Waals surface area contributed by atoms with Gasteiger partial charge in [0.25, 0.3) is 5.91 Å². The van der Waals surface area contributed by atoms with Crippen LogP contribution in [0.25, 0.3) is 9.88 Å². The molecule has 0 radical (unpaired) electrons. The van der Waals surface area contributed by atoms with Gasteiger partial charge in [0.05, 0.1) is 22.7 Å². The zero-order valence-corrected chi connectivity index (χ0v) is 17.0. The summed E-state index contributed by atoms with van der Waals surface area (Å²) in [5, 5.41) is 7.40. The summed E-state index contributed by atoms with van der Waals surface area (Å²) >= 11 is 6.48. The molecule has 0 spiro atoms. The van der Waals surface area contributed by atoms with E-state index >= 15 is 0 Å². The minimum absolute atomic E-state index is 0.0450. The van der Waals surface area contributed by atoms with E-state index in [1.165, 1.54) is 11.3 Å². The van der Waals surface area contributed by atoms with Crippen molar-refractivity contribution >= 4 is 56.2 Å². The standard InChI is InChI=1S/C18H15BrN2O3S2/c1-11-4-5-14(13(19)7-11)21-16(22)9-24-17(23)8-12-10-26-18(20-12)15-3-2-6-25-15/h2-7,10H,8-9H2,1H3,(H,21,22). The van der Waals surface area contributed by atoms with Gasteiger partial charge in [-0.15, -0.1) is 22.7 Å². The van der Waals surface area contributed by atoms with Crippen LogP contribution in [0.3, 0.4) is 0 Å². The van der Waals surface area contributed by atoms with E-state index in [4.69, 9.17) is 4.74 Å². The second-order valence-electron chi connectivity index (χ2n) is 5.49. The molecule has 2 heterocycles. The van der Waals surface area contributed by atoms with Crippen LogP contribution in [-0.4, -0.2) is 23.5 Å². The predicted molar refractivity (Wildman–Crippen MR) is 108 cm³/mol. The maximum absolute atomic E-state index is 11.9. The fourth-order valence-electron chi connectivity index (χ4n) is 2.15. The summed E-state index contributed by atoms with van der Waals surface area (Å²) in [4.78, 5) is 29.4. The molecule has 0 aliphatic carbocycles. The number of amides is 1. The number of ether oxygens (including phenoxy) is 1. The second-order valence-corrected chi connectivity index (χ2v) is 8.15. The number of nitrogens with one attached hydrogen (secondary N) is 1. The predicted octanol–water partition coefficient (Wildman–Crippen LogP) is 4.67. The van der Waals surface area contributed by atoms with E-state index in [1.807, 2.05) is 41.9 Å². The van der Waals surface area contributed by atoms with Crippen LogP contribution in [0.15, 0.2) is 45.6 Å². The Morgan fingerprint density at radius 1 is 1.27 bits per heavy atom. The maximum atomic E-state index is 11.9. The van der Waals surface area contributed by atoms with Gasteiger partial charge in [0.15, 0.2) is 6.61 Å². The highest BCUT2D eigenvalue weighted by Gasteiger charge is 2.13. The third kappa shape index (κ3) is 5.00. The number of carbonyl (C=O) groups excluding carboxylic acids is 2. The van der Waals surface area contributed by atoms with Crippen molar-refractivity contribution in [3.63, 3.8) is 0 Å². The molecule has 0 fully saturated rings. The number of aromatic nitrogens is 1. The summed E-state index contributed by atoms with van der Waals surface area (Å²) in [6.45, 7) is 1.63. The minimum Gasteiger partial charge on any atom is -0.455 e. The summed E-state index contributed by atoms with van der Waals surface area (Å²) in [5.74, 6) is -0.869. The molecule has 0 aliphatic rings. The molecule has 0 unspecified atom stereocenters. The normalized spacial score (nSPS) is 10.5. The molecule has 0 saturated carbocycles. The molecule has 0 aliphatic heterocycles. The second kappa shape index (κ2) is 8.57. The fraction of sp³-hybridized carbons (Fsp3) is 0.167. The number of anilines is 1. The summed E-state index contributed by atoms with van der Waals surface area (Å²) in [5.41, 5.74) is 2.35. The molecular weight excluding hydrogens is 436 g/mol. The zero-order chi connectivity index (χ0) is 18.5. The SMILES string of the molecule is Cc1ccc(NC(=O)COC(=O)Cc2csc(-c3cccs3)n2)c(Br)c1. The highest BCUT2D eigenvalue weighted by atomic mass is 79.9. The molecule has 0 saturated heterocycles. The number of hydrogen-bond donors (Lipinski definition) is 1. The number of halogens is 1. The largest absolute Gasteiger partial charge is 0.455 e. The Bertz CT molecular complexity index is 922. The van der Waals surface area contributed by atoms with Gasteiger partial charge < -0.3 is 10.1 Å². The van der Waals surface area contributed by atoms with Gasteiger partial charge in [-0.1, -0.05) is 12.1 Å². The topological polar surface area (TPSA) is 68.3 Å². The quantitative estimate of drug-likeness (QED) is 0.554. The molecule has 1 amide bonds. The van der Waals surface area contributed by atoms with Crippen molar-refractivity contribution in [3.8, 4) is 9.88 Å². The van der Waals surface area contributed by atoms with Crippen molar-refractivity contribution in [2.24, 2.45) is 0 Å². The van der Waals surface area contributed by atoms with Crippen molar-refractivity contribution in [2.75, 3.05) is 11.9 Å². The van der Waals surface area contributed by atoms with Crippen LogP contribution in [0.5, 0.6) is 0 Å². The third-order valence-corrected chi connectivity index (χ3v) is 5.96. The Kier molecular flexibility index (Phi) is 6.18. The van der Waals surface area contributed by atoms with E-state index in [-0.39, 0.29) is 18.9 Å². The number of hydrogen-bond acceptors (Lipinski definition) is 6. The fourth-order valence-corrected chi connectivity index (χ4v) is 4.38. The first-order chi connectivity index (χ1) is 12.5. The number of thiophene rings is 1. The van der Waals surface area contributed by atoms with Gasteiger partial charge in [0.1, 0.15) is 5.01 Å². The zero-order valence-electron chi connectivity index (χ0n) is 13.8. The smallest absolute Gasteiger partial charge is 0.312 e. The van der Waals surface area contributed by atoms with Gasteiger partial charge in [-0.05, 0) is 52.0 Å². The van der Waals surface area contributed by atoms with Crippen molar-refractivity contribution in [2.45, 2.75) is 13.3 Å². The molecule has 0 atom stereocenters. The van der Waals surface area contributed by atoms with Gasteiger partial charge in [-0.25, -0.2) is 4.98 Å². The molecule has 3 aromatic rings.